The number of benzene rings is 5. The van der Waals surface area contributed by atoms with Crippen molar-refractivity contribution in [2.24, 2.45) is 0 Å². The van der Waals surface area contributed by atoms with Crippen molar-refractivity contribution < 1.29 is 19.1 Å². The molecule has 9 heteroatoms. The van der Waals surface area contributed by atoms with Crippen molar-refractivity contribution in [2.75, 3.05) is 17.7 Å². The summed E-state index contributed by atoms with van der Waals surface area (Å²) in [6.07, 6.45) is 1.61. The number of halogens is 1. The molecule has 0 aliphatic rings. The number of amides is 3. The first-order valence-corrected chi connectivity index (χ1v) is 16.3. The van der Waals surface area contributed by atoms with Crippen LogP contribution < -0.4 is 20.7 Å². The largest absolute Gasteiger partial charge is 0.497 e. The third-order valence-electron chi connectivity index (χ3n) is 6.75. The van der Waals surface area contributed by atoms with E-state index in [-0.39, 0.29) is 11.6 Å². The summed E-state index contributed by atoms with van der Waals surface area (Å²) in [5.41, 5.74) is 3.25. The standard InChI is InChI=1S/C37H30IN3O4S/c1-45-31-21-15-25(16-22-31)23-33(41-35(42)27-11-6-3-7-12-27)36(43)40-30-13-8-14-32(24-30)46-34(26-9-4-2-5-10-26)37(44)39-29-19-17-28(38)18-20-29/h2-24,34H,1H3,(H,39,44)(H,40,43)(H,41,42)/b33-23+. The predicted octanol–water partition coefficient (Wildman–Crippen LogP) is 8.18. The predicted molar refractivity (Wildman–Crippen MR) is 193 cm³/mol. The zero-order valence-electron chi connectivity index (χ0n) is 24.8. The summed E-state index contributed by atoms with van der Waals surface area (Å²) in [5.74, 6) is -0.407. The Morgan fingerprint density at radius 2 is 1.41 bits per heavy atom. The Kier molecular flexibility index (Phi) is 11.3. The average Bonchev–Trinajstić information content (AvgIpc) is 3.09. The van der Waals surface area contributed by atoms with Crippen LogP contribution in [0.3, 0.4) is 0 Å². The molecule has 0 radical (unpaired) electrons. The van der Waals surface area contributed by atoms with Crippen LogP contribution in [0.5, 0.6) is 5.75 Å². The van der Waals surface area contributed by atoms with Crippen LogP contribution in [-0.2, 0) is 9.59 Å². The second kappa shape index (κ2) is 15.9. The van der Waals surface area contributed by atoms with Crippen molar-refractivity contribution in [3.05, 3.63) is 159 Å². The van der Waals surface area contributed by atoms with E-state index in [2.05, 4.69) is 38.5 Å². The monoisotopic (exact) mass is 739 g/mol. The molecule has 3 amide bonds. The molecule has 0 saturated carbocycles. The van der Waals surface area contributed by atoms with Crippen LogP contribution in [0.2, 0.25) is 0 Å². The molecule has 1 unspecified atom stereocenters. The van der Waals surface area contributed by atoms with Gasteiger partial charge in [-0.15, -0.1) is 11.8 Å². The molecule has 0 bridgehead atoms. The maximum atomic E-state index is 13.6. The van der Waals surface area contributed by atoms with Gasteiger partial charge in [0.25, 0.3) is 11.8 Å². The average molecular weight is 740 g/mol. The van der Waals surface area contributed by atoms with Crippen LogP contribution in [-0.4, -0.2) is 24.8 Å². The lowest BCUT2D eigenvalue weighted by Gasteiger charge is -2.18. The highest BCUT2D eigenvalue weighted by atomic mass is 127. The highest BCUT2D eigenvalue weighted by Crippen LogP contribution is 2.37. The number of thioether (sulfide) groups is 1. The third-order valence-corrected chi connectivity index (χ3v) is 8.72. The first-order chi connectivity index (χ1) is 22.4. The molecule has 0 heterocycles. The van der Waals surface area contributed by atoms with Crippen LogP contribution in [0, 0.1) is 3.57 Å². The molecule has 0 aliphatic carbocycles. The SMILES string of the molecule is COc1ccc(/C=C(/NC(=O)c2ccccc2)C(=O)Nc2cccc(SC(C(=O)Nc3ccc(I)cc3)c3ccccc3)c2)cc1. The van der Waals surface area contributed by atoms with E-state index in [0.29, 0.717) is 28.3 Å². The minimum Gasteiger partial charge on any atom is -0.497 e. The Labute approximate surface area is 285 Å². The molecule has 0 aromatic heterocycles. The number of hydrogen-bond donors (Lipinski definition) is 3. The number of methoxy groups -OCH3 is 1. The van der Waals surface area contributed by atoms with Crippen LogP contribution in [0.15, 0.2) is 144 Å². The van der Waals surface area contributed by atoms with E-state index < -0.39 is 17.1 Å². The summed E-state index contributed by atoms with van der Waals surface area (Å²) in [5, 5.41) is 8.14. The quantitative estimate of drug-likeness (QED) is 0.0722. The Morgan fingerprint density at radius 1 is 0.739 bits per heavy atom. The Hall–Kier alpha value is -4.87. The lowest BCUT2D eigenvalue weighted by Crippen LogP contribution is -2.30. The zero-order chi connectivity index (χ0) is 32.3. The zero-order valence-corrected chi connectivity index (χ0v) is 27.7. The van der Waals surface area contributed by atoms with Gasteiger partial charge in [0.2, 0.25) is 5.91 Å². The molecule has 0 aliphatic heterocycles. The molecule has 5 aromatic carbocycles. The summed E-state index contributed by atoms with van der Waals surface area (Å²) >= 11 is 3.60. The van der Waals surface area contributed by atoms with Crippen LogP contribution in [0.4, 0.5) is 11.4 Å². The second-order valence-corrected chi connectivity index (χ2v) is 12.5. The molecule has 3 N–H and O–H groups in total. The van der Waals surface area contributed by atoms with Crippen molar-refractivity contribution in [1.29, 1.82) is 0 Å². The molecule has 230 valence electrons. The fourth-order valence-corrected chi connectivity index (χ4v) is 5.88. The molecule has 5 aromatic rings. The lowest BCUT2D eigenvalue weighted by molar-refractivity contribution is -0.116. The highest BCUT2D eigenvalue weighted by Gasteiger charge is 2.23. The van der Waals surface area contributed by atoms with Crippen molar-refractivity contribution >= 4 is 69.5 Å². The van der Waals surface area contributed by atoms with E-state index >= 15 is 0 Å². The Balaban J connectivity index is 1.37. The normalized spacial score (nSPS) is 11.7. The molecular formula is C37H30IN3O4S. The third kappa shape index (κ3) is 9.09. The second-order valence-electron chi connectivity index (χ2n) is 10.0. The van der Waals surface area contributed by atoms with Gasteiger partial charge in [-0.1, -0.05) is 66.7 Å². The van der Waals surface area contributed by atoms with Gasteiger partial charge in [0.1, 0.15) is 16.7 Å². The van der Waals surface area contributed by atoms with E-state index in [9.17, 15) is 14.4 Å². The minimum atomic E-state index is -0.554. The van der Waals surface area contributed by atoms with Gasteiger partial charge >= 0.3 is 0 Å². The number of nitrogens with one attached hydrogen (secondary N) is 3. The van der Waals surface area contributed by atoms with Crippen molar-refractivity contribution in [1.82, 2.24) is 5.32 Å². The van der Waals surface area contributed by atoms with Gasteiger partial charge in [-0.25, -0.2) is 0 Å². The summed E-state index contributed by atoms with van der Waals surface area (Å²) < 4.78 is 6.32. The fraction of sp³-hybridized carbons (Fsp3) is 0.0541. The molecule has 0 spiro atoms. The van der Waals surface area contributed by atoms with E-state index in [4.69, 9.17) is 4.74 Å². The van der Waals surface area contributed by atoms with Crippen LogP contribution in [0.25, 0.3) is 6.08 Å². The molecule has 0 saturated heterocycles. The van der Waals surface area contributed by atoms with Gasteiger partial charge in [-0.3, -0.25) is 14.4 Å². The first kappa shape index (κ1) is 32.5. The van der Waals surface area contributed by atoms with Gasteiger partial charge in [0.05, 0.1) is 7.11 Å². The molecule has 0 fully saturated rings. The number of anilines is 2. The smallest absolute Gasteiger partial charge is 0.272 e. The summed E-state index contributed by atoms with van der Waals surface area (Å²) in [4.78, 5) is 40.9. The van der Waals surface area contributed by atoms with E-state index in [0.717, 1.165) is 14.0 Å². The topological polar surface area (TPSA) is 96.5 Å². The highest BCUT2D eigenvalue weighted by molar-refractivity contribution is 14.1. The van der Waals surface area contributed by atoms with E-state index in [1.165, 1.54) is 11.8 Å². The number of rotatable bonds is 11. The van der Waals surface area contributed by atoms with E-state index in [1.807, 2.05) is 72.8 Å². The van der Waals surface area contributed by atoms with Gasteiger partial charge < -0.3 is 20.7 Å². The van der Waals surface area contributed by atoms with Gasteiger partial charge in [0.15, 0.2) is 0 Å². The molecular weight excluding hydrogens is 709 g/mol. The Morgan fingerprint density at radius 3 is 2.09 bits per heavy atom. The van der Waals surface area contributed by atoms with Gasteiger partial charge in [-0.2, -0.15) is 0 Å². The van der Waals surface area contributed by atoms with Crippen LogP contribution >= 0.6 is 34.4 Å². The summed E-state index contributed by atoms with van der Waals surface area (Å²) in [6.45, 7) is 0. The summed E-state index contributed by atoms with van der Waals surface area (Å²) in [6, 6.07) is 40.3. The minimum absolute atomic E-state index is 0.0659. The van der Waals surface area contributed by atoms with E-state index in [1.54, 1.807) is 73.8 Å². The molecule has 46 heavy (non-hydrogen) atoms. The fourth-order valence-electron chi connectivity index (χ4n) is 4.43. The van der Waals surface area contributed by atoms with Crippen LogP contribution in [0.1, 0.15) is 26.7 Å². The van der Waals surface area contributed by atoms with Gasteiger partial charge in [0, 0.05) is 25.4 Å². The van der Waals surface area contributed by atoms with Crippen molar-refractivity contribution in [3.8, 4) is 5.75 Å². The maximum Gasteiger partial charge on any atom is 0.272 e. The molecule has 7 nitrogen and oxygen atoms in total. The number of carbonyl (C=O) groups excluding carboxylic acids is 3. The number of hydrogen-bond acceptors (Lipinski definition) is 5. The van der Waals surface area contributed by atoms with Crippen molar-refractivity contribution in [2.45, 2.75) is 10.1 Å². The Bertz CT molecular complexity index is 1830. The van der Waals surface area contributed by atoms with Gasteiger partial charge in [-0.05, 0) is 107 Å². The first-order valence-electron chi connectivity index (χ1n) is 14.3. The maximum absolute atomic E-state index is 13.6. The lowest BCUT2D eigenvalue weighted by atomic mass is 10.1. The summed E-state index contributed by atoms with van der Waals surface area (Å²) in [7, 11) is 1.58. The van der Waals surface area contributed by atoms with Crippen molar-refractivity contribution in [3.63, 3.8) is 0 Å². The number of carbonyl (C=O) groups is 3. The number of ether oxygens (including phenoxy) is 1. The molecule has 1 atom stereocenters. The molecule has 5 rings (SSSR count).